The summed E-state index contributed by atoms with van der Waals surface area (Å²) in [5.74, 6) is -0.974. The van der Waals surface area contributed by atoms with Gasteiger partial charge in [0.05, 0.1) is 12.3 Å². The first-order valence-electron chi connectivity index (χ1n) is 6.71. The Labute approximate surface area is 102 Å². The van der Waals surface area contributed by atoms with Crippen molar-refractivity contribution in [3.63, 3.8) is 0 Å². The summed E-state index contributed by atoms with van der Waals surface area (Å²) in [6.07, 6.45) is 11.9. The number of hydrogen-bond acceptors (Lipinski definition) is 3. The fourth-order valence-electron chi connectivity index (χ4n) is 2.64. The summed E-state index contributed by atoms with van der Waals surface area (Å²) in [6, 6.07) is 0. The number of rotatable bonds is 1. The minimum absolute atomic E-state index is 0.255. The number of carbonyl (C=O) groups excluding carboxylic acids is 2. The first kappa shape index (κ1) is 12.3. The van der Waals surface area contributed by atoms with E-state index in [1.165, 1.54) is 32.1 Å². The highest BCUT2D eigenvalue weighted by Gasteiger charge is 2.35. The first-order chi connectivity index (χ1) is 8.27. The molecule has 0 aromatic carbocycles. The smallest absolute Gasteiger partial charge is 0.321 e. The highest BCUT2D eigenvalue weighted by Crippen LogP contribution is 2.29. The van der Waals surface area contributed by atoms with Gasteiger partial charge in [-0.25, -0.2) is 0 Å². The number of cyclic esters (lactones) is 2. The predicted molar refractivity (Wildman–Crippen MR) is 64.2 cm³/mol. The van der Waals surface area contributed by atoms with Crippen LogP contribution in [0.5, 0.6) is 0 Å². The molecule has 2 aliphatic rings. The number of ether oxygens (including phenoxy) is 1. The zero-order valence-corrected chi connectivity index (χ0v) is 10.2. The molecule has 2 rings (SSSR count). The van der Waals surface area contributed by atoms with Gasteiger partial charge in [0.1, 0.15) is 0 Å². The zero-order chi connectivity index (χ0) is 12.1. The van der Waals surface area contributed by atoms with Crippen molar-refractivity contribution in [2.75, 3.05) is 0 Å². The molecule has 0 bridgehead atoms. The van der Waals surface area contributed by atoms with Crippen molar-refractivity contribution in [3.05, 3.63) is 11.6 Å². The van der Waals surface area contributed by atoms with Crippen LogP contribution in [0.3, 0.4) is 0 Å². The topological polar surface area (TPSA) is 43.4 Å². The van der Waals surface area contributed by atoms with Crippen LogP contribution in [0.15, 0.2) is 11.6 Å². The average molecular weight is 236 g/mol. The van der Waals surface area contributed by atoms with Gasteiger partial charge in [0, 0.05) is 0 Å². The monoisotopic (exact) mass is 236 g/mol. The Bertz CT molecular complexity index is 330. The van der Waals surface area contributed by atoms with Gasteiger partial charge in [0.2, 0.25) is 0 Å². The van der Waals surface area contributed by atoms with Crippen molar-refractivity contribution in [1.82, 2.24) is 0 Å². The Balaban J connectivity index is 2.02. The van der Waals surface area contributed by atoms with E-state index in [4.69, 9.17) is 0 Å². The Kier molecular flexibility index (Phi) is 4.35. The molecule has 0 aromatic rings. The number of carbonyl (C=O) groups is 2. The molecule has 0 amide bonds. The van der Waals surface area contributed by atoms with Crippen molar-refractivity contribution >= 4 is 11.9 Å². The molecular weight excluding hydrogens is 216 g/mol. The number of allylic oxidation sites excluding steroid dienone is 1. The lowest BCUT2D eigenvalue weighted by Gasteiger charge is -2.13. The van der Waals surface area contributed by atoms with E-state index >= 15 is 0 Å². The molecule has 0 spiro atoms. The van der Waals surface area contributed by atoms with E-state index in [0.717, 1.165) is 24.8 Å². The minimum atomic E-state index is -0.363. The standard InChI is InChI=1S/C14H20O3/c15-13-10-12(14(16)17-13)11-8-6-4-2-1-3-5-7-9-11/h8,12H,1-7,9-10H2. The van der Waals surface area contributed by atoms with Gasteiger partial charge >= 0.3 is 11.9 Å². The van der Waals surface area contributed by atoms with E-state index in [-0.39, 0.29) is 24.3 Å². The summed E-state index contributed by atoms with van der Waals surface area (Å²) in [5, 5.41) is 0. The summed E-state index contributed by atoms with van der Waals surface area (Å²) >= 11 is 0. The predicted octanol–water partition coefficient (Wildman–Crippen LogP) is 3.14. The second kappa shape index (κ2) is 5.99. The second-order valence-corrected chi connectivity index (χ2v) is 4.99. The molecule has 0 radical (unpaired) electrons. The summed E-state index contributed by atoms with van der Waals surface area (Å²) in [4.78, 5) is 22.7. The minimum Gasteiger partial charge on any atom is -0.393 e. The third-order valence-corrected chi connectivity index (χ3v) is 3.64. The SMILES string of the molecule is O=C1CC(C2=CCCCCCCCC2)C(=O)O1. The van der Waals surface area contributed by atoms with Crippen molar-refractivity contribution < 1.29 is 14.3 Å². The molecular formula is C14H20O3. The highest BCUT2D eigenvalue weighted by atomic mass is 16.6. The second-order valence-electron chi connectivity index (χ2n) is 4.99. The lowest BCUT2D eigenvalue weighted by Crippen LogP contribution is -2.11. The number of hydrogen-bond donors (Lipinski definition) is 0. The summed E-state index contributed by atoms with van der Waals surface area (Å²) in [6.45, 7) is 0. The van der Waals surface area contributed by atoms with Crippen LogP contribution in [0, 0.1) is 5.92 Å². The van der Waals surface area contributed by atoms with Crippen molar-refractivity contribution in [2.24, 2.45) is 5.92 Å². The fraction of sp³-hybridized carbons (Fsp3) is 0.714. The van der Waals surface area contributed by atoms with Gasteiger partial charge in [-0.1, -0.05) is 37.3 Å². The molecule has 1 aliphatic carbocycles. The fourth-order valence-corrected chi connectivity index (χ4v) is 2.64. The van der Waals surface area contributed by atoms with Crippen LogP contribution in [0.25, 0.3) is 0 Å². The molecule has 0 saturated carbocycles. The van der Waals surface area contributed by atoms with Gasteiger partial charge in [0.15, 0.2) is 0 Å². The first-order valence-corrected chi connectivity index (χ1v) is 6.71. The van der Waals surface area contributed by atoms with Gasteiger partial charge in [-0.2, -0.15) is 0 Å². The van der Waals surface area contributed by atoms with Crippen LogP contribution in [-0.2, 0) is 14.3 Å². The molecule has 1 aliphatic heterocycles. The molecule has 0 aromatic heterocycles. The van der Waals surface area contributed by atoms with Crippen LogP contribution < -0.4 is 0 Å². The van der Waals surface area contributed by atoms with E-state index in [2.05, 4.69) is 10.8 Å². The van der Waals surface area contributed by atoms with Crippen LogP contribution >= 0.6 is 0 Å². The van der Waals surface area contributed by atoms with E-state index in [1.807, 2.05) is 0 Å². The van der Waals surface area contributed by atoms with Gasteiger partial charge in [-0.15, -0.1) is 0 Å². The molecule has 17 heavy (non-hydrogen) atoms. The molecule has 1 unspecified atom stereocenters. The molecule has 0 N–H and O–H groups in total. The van der Waals surface area contributed by atoms with Gasteiger partial charge in [-0.3, -0.25) is 9.59 Å². The number of esters is 2. The summed E-state index contributed by atoms with van der Waals surface area (Å²) in [7, 11) is 0. The van der Waals surface area contributed by atoms with E-state index in [0.29, 0.717) is 0 Å². The Hall–Kier alpha value is -1.12. The lowest BCUT2D eigenvalue weighted by molar-refractivity contribution is -0.152. The third kappa shape index (κ3) is 3.42. The maximum absolute atomic E-state index is 11.6. The van der Waals surface area contributed by atoms with Gasteiger partial charge < -0.3 is 4.74 Å². The van der Waals surface area contributed by atoms with E-state index in [9.17, 15) is 9.59 Å². The van der Waals surface area contributed by atoms with Crippen LogP contribution in [-0.4, -0.2) is 11.9 Å². The Morgan fingerprint density at radius 1 is 1.00 bits per heavy atom. The van der Waals surface area contributed by atoms with E-state index in [1.54, 1.807) is 0 Å². The van der Waals surface area contributed by atoms with Gasteiger partial charge in [0.25, 0.3) is 0 Å². The highest BCUT2D eigenvalue weighted by molar-refractivity contribution is 5.96. The van der Waals surface area contributed by atoms with Crippen molar-refractivity contribution in [3.8, 4) is 0 Å². The molecule has 1 saturated heterocycles. The van der Waals surface area contributed by atoms with Crippen LogP contribution in [0.1, 0.15) is 57.8 Å². The summed E-state index contributed by atoms with van der Waals surface area (Å²) in [5.41, 5.74) is 1.14. The molecule has 94 valence electrons. The average Bonchev–Trinajstić information content (AvgIpc) is 2.65. The normalized spacial score (nSPS) is 27.5. The van der Waals surface area contributed by atoms with Crippen LogP contribution in [0.2, 0.25) is 0 Å². The largest absolute Gasteiger partial charge is 0.393 e. The molecule has 3 nitrogen and oxygen atoms in total. The van der Waals surface area contributed by atoms with E-state index < -0.39 is 0 Å². The molecule has 3 heteroatoms. The molecule has 1 atom stereocenters. The van der Waals surface area contributed by atoms with Gasteiger partial charge in [-0.05, 0) is 25.7 Å². The molecule has 1 heterocycles. The molecule has 1 fully saturated rings. The van der Waals surface area contributed by atoms with Crippen molar-refractivity contribution in [1.29, 1.82) is 0 Å². The Morgan fingerprint density at radius 2 is 1.71 bits per heavy atom. The summed E-state index contributed by atoms with van der Waals surface area (Å²) < 4.78 is 4.64. The quantitative estimate of drug-likeness (QED) is 0.399. The maximum atomic E-state index is 11.6. The maximum Gasteiger partial charge on any atom is 0.321 e. The van der Waals surface area contributed by atoms with Crippen LogP contribution in [0.4, 0.5) is 0 Å². The Morgan fingerprint density at radius 3 is 2.41 bits per heavy atom. The van der Waals surface area contributed by atoms with Crippen molar-refractivity contribution in [2.45, 2.75) is 57.8 Å². The zero-order valence-electron chi connectivity index (χ0n) is 10.2. The third-order valence-electron chi connectivity index (χ3n) is 3.64. The lowest BCUT2D eigenvalue weighted by atomic mass is 9.90.